The summed E-state index contributed by atoms with van der Waals surface area (Å²) in [5, 5.41) is 10.0. The first-order chi connectivity index (χ1) is 7.45. The third kappa shape index (κ3) is 3.34. The van der Waals surface area contributed by atoms with E-state index in [4.69, 9.17) is 5.11 Å². The topological polar surface area (TPSA) is 37.3 Å². The fourth-order valence-electron chi connectivity index (χ4n) is 1.73. The van der Waals surface area contributed by atoms with Crippen molar-refractivity contribution in [1.29, 1.82) is 0 Å². The summed E-state index contributed by atoms with van der Waals surface area (Å²) in [6, 6.07) is 9.01. The molecule has 2 nitrogen and oxygen atoms in total. The molecule has 86 valence electrons. The largest absolute Gasteiger partial charge is 0.481 e. The summed E-state index contributed by atoms with van der Waals surface area (Å²) in [5.41, 5.74) is 0.861. The third-order valence-corrected chi connectivity index (χ3v) is 5.95. The predicted octanol–water partition coefficient (Wildman–Crippen LogP) is 2.42. The summed E-state index contributed by atoms with van der Waals surface area (Å²) < 4.78 is 0. The number of aliphatic carboxylic acids is 1. The van der Waals surface area contributed by atoms with E-state index in [0.717, 1.165) is 11.6 Å². The lowest BCUT2D eigenvalue weighted by Gasteiger charge is -2.21. The Balaban J connectivity index is 2.85. The molecule has 0 radical (unpaired) electrons. The van der Waals surface area contributed by atoms with Crippen LogP contribution in [-0.2, 0) is 11.2 Å². The summed E-state index contributed by atoms with van der Waals surface area (Å²) in [6.45, 7) is 8.37. The van der Waals surface area contributed by atoms with E-state index in [1.54, 1.807) is 0 Å². The maximum absolute atomic E-state index is 10.5. The van der Waals surface area contributed by atoms with Gasteiger partial charge in [-0.1, -0.05) is 48.6 Å². The lowest BCUT2D eigenvalue weighted by Crippen LogP contribution is -2.40. The maximum atomic E-state index is 10.5. The highest BCUT2D eigenvalue weighted by molar-refractivity contribution is 6.90. The van der Waals surface area contributed by atoms with Crippen molar-refractivity contribution in [2.24, 2.45) is 0 Å². The molecule has 0 aromatic heterocycles. The number of carbonyl (C=O) groups is 1. The minimum Gasteiger partial charge on any atom is -0.481 e. The van der Waals surface area contributed by atoms with Crippen LogP contribution in [0.25, 0.3) is 0 Å². The van der Waals surface area contributed by atoms with Crippen LogP contribution in [0.4, 0.5) is 0 Å². The Hall–Kier alpha value is -1.35. The Bertz CT molecular complexity index is 379. The SMILES string of the molecule is C=CC[Si](C)(C)c1ccc(CC(=O)O)cc1. The van der Waals surface area contributed by atoms with E-state index in [9.17, 15) is 4.79 Å². The normalized spacial score (nSPS) is 11.1. The van der Waals surface area contributed by atoms with Gasteiger partial charge in [-0.3, -0.25) is 4.79 Å². The van der Waals surface area contributed by atoms with Crippen molar-refractivity contribution in [3.05, 3.63) is 42.5 Å². The predicted molar refractivity (Wildman–Crippen MR) is 69.9 cm³/mol. The molecule has 0 saturated heterocycles. The monoisotopic (exact) mass is 234 g/mol. The Morgan fingerprint density at radius 3 is 2.38 bits per heavy atom. The molecule has 0 aliphatic rings. The quantitative estimate of drug-likeness (QED) is 0.627. The molecular formula is C13H18O2Si. The van der Waals surface area contributed by atoms with Gasteiger partial charge < -0.3 is 5.11 Å². The standard InChI is InChI=1S/C13H18O2Si/c1-4-9-16(2,3)12-7-5-11(6-8-12)10-13(14)15/h4-8H,1,9-10H2,2-3H3,(H,14,15). The van der Waals surface area contributed by atoms with Gasteiger partial charge >= 0.3 is 5.97 Å². The van der Waals surface area contributed by atoms with E-state index in [1.165, 1.54) is 5.19 Å². The van der Waals surface area contributed by atoms with Gasteiger partial charge in [0.25, 0.3) is 0 Å². The molecular weight excluding hydrogens is 216 g/mol. The lowest BCUT2D eigenvalue weighted by atomic mass is 10.2. The van der Waals surface area contributed by atoms with Gasteiger partial charge in [0.2, 0.25) is 0 Å². The highest BCUT2D eigenvalue weighted by Gasteiger charge is 2.21. The molecule has 0 saturated carbocycles. The molecule has 1 aromatic carbocycles. The van der Waals surface area contributed by atoms with Crippen molar-refractivity contribution in [3.63, 3.8) is 0 Å². The van der Waals surface area contributed by atoms with Crippen LogP contribution in [0, 0.1) is 0 Å². The summed E-state index contributed by atoms with van der Waals surface area (Å²) in [6.07, 6.45) is 2.07. The molecule has 1 N–H and O–H groups in total. The smallest absolute Gasteiger partial charge is 0.307 e. The number of carboxylic acids is 1. The first-order valence-corrected chi connectivity index (χ1v) is 8.58. The molecule has 0 fully saturated rings. The molecule has 0 spiro atoms. The van der Waals surface area contributed by atoms with E-state index in [0.29, 0.717) is 0 Å². The van der Waals surface area contributed by atoms with Crippen LogP contribution in [0.2, 0.25) is 19.1 Å². The highest BCUT2D eigenvalue weighted by Crippen LogP contribution is 2.11. The number of benzene rings is 1. The van der Waals surface area contributed by atoms with Crippen molar-refractivity contribution in [1.82, 2.24) is 0 Å². The summed E-state index contributed by atoms with van der Waals surface area (Å²) in [7, 11) is -1.41. The van der Waals surface area contributed by atoms with Gasteiger partial charge in [0.15, 0.2) is 0 Å². The Morgan fingerprint density at radius 1 is 1.38 bits per heavy atom. The van der Waals surface area contributed by atoms with Crippen LogP contribution in [0.15, 0.2) is 36.9 Å². The summed E-state index contributed by atoms with van der Waals surface area (Å²) in [5.74, 6) is -0.782. The molecule has 0 aliphatic carbocycles. The lowest BCUT2D eigenvalue weighted by molar-refractivity contribution is -0.136. The van der Waals surface area contributed by atoms with Crippen molar-refractivity contribution < 1.29 is 9.90 Å². The van der Waals surface area contributed by atoms with Crippen LogP contribution in [0.1, 0.15) is 5.56 Å². The number of hydrogen-bond acceptors (Lipinski definition) is 1. The molecule has 0 amide bonds. The molecule has 1 rings (SSSR count). The molecule has 0 aliphatic heterocycles. The van der Waals surface area contributed by atoms with Gasteiger partial charge in [-0.15, -0.1) is 6.58 Å². The zero-order chi connectivity index (χ0) is 12.2. The second-order valence-electron chi connectivity index (χ2n) is 4.64. The minimum absolute atomic E-state index is 0.101. The molecule has 3 heteroatoms. The van der Waals surface area contributed by atoms with Crippen molar-refractivity contribution in [3.8, 4) is 0 Å². The molecule has 1 aromatic rings. The third-order valence-electron chi connectivity index (χ3n) is 2.75. The van der Waals surface area contributed by atoms with Crippen LogP contribution in [-0.4, -0.2) is 19.1 Å². The van der Waals surface area contributed by atoms with Gasteiger partial charge in [-0.25, -0.2) is 0 Å². The van der Waals surface area contributed by atoms with Crippen LogP contribution in [0.3, 0.4) is 0 Å². The van der Waals surface area contributed by atoms with E-state index in [2.05, 4.69) is 31.8 Å². The van der Waals surface area contributed by atoms with Crippen molar-refractivity contribution >= 4 is 19.2 Å². The number of hydrogen-bond donors (Lipinski definition) is 1. The average molecular weight is 234 g/mol. The van der Waals surface area contributed by atoms with Gasteiger partial charge in [0.05, 0.1) is 14.5 Å². The number of rotatable bonds is 5. The molecule has 0 atom stereocenters. The summed E-state index contributed by atoms with van der Waals surface area (Å²) >= 11 is 0. The Labute approximate surface area is 97.6 Å². The average Bonchev–Trinajstić information content (AvgIpc) is 2.17. The van der Waals surface area contributed by atoms with Crippen molar-refractivity contribution in [2.75, 3.05) is 0 Å². The fourth-order valence-corrected chi connectivity index (χ4v) is 3.75. The second kappa shape index (κ2) is 5.12. The van der Waals surface area contributed by atoms with E-state index in [-0.39, 0.29) is 6.42 Å². The maximum Gasteiger partial charge on any atom is 0.307 e. The Kier molecular flexibility index (Phi) is 4.07. The van der Waals surface area contributed by atoms with Gasteiger partial charge in [-0.2, -0.15) is 0 Å². The van der Waals surface area contributed by atoms with Crippen LogP contribution < -0.4 is 5.19 Å². The molecule has 0 bridgehead atoms. The summed E-state index contributed by atoms with van der Waals surface area (Å²) in [4.78, 5) is 10.5. The first-order valence-electron chi connectivity index (χ1n) is 5.38. The zero-order valence-corrected chi connectivity index (χ0v) is 10.9. The Morgan fingerprint density at radius 2 is 1.94 bits per heavy atom. The van der Waals surface area contributed by atoms with Crippen molar-refractivity contribution in [2.45, 2.75) is 25.6 Å². The highest BCUT2D eigenvalue weighted by atomic mass is 28.3. The fraction of sp³-hybridized carbons (Fsp3) is 0.308. The minimum atomic E-state index is -1.41. The second-order valence-corrected chi connectivity index (χ2v) is 9.40. The number of allylic oxidation sites excluding steroid dienone is 1. The van der Waals surface area contributed by atoms with E-state index >= 15 is 0 Å². The molecule has 0 unspecified atom stereocenters. The van der Waals surface area contributed by atoms with Crippen LogP contribution >= 0.6 is 0 Å². The van der Waals surface area contributed by atoms with E-state index in [1.807, 2.05) is 18.2 Å². The number of carboxylic acid groups (broad SMARTS) is 1. The van der Waals surface area contributed by atoms with E-state index < -0.39 is 14.0 Å². The van der Waals surface area contributed by atoms with Gasteiger partial charge in [0, 0.05) is 0 Å². The first kappa shape index (κ1) is 12.7. The molecule has 0 heterocycles. The van der Waals surface area contributed by atoms with Gasteiger partial charge in [0.1, 0.15) is 0 Å². The molecule has 16 heavy (non-hydrogen) atoms. The van der Waals surface area contributed by atoms with Crippen LogP contribution in [0.5, 0.6) is 0 Å². The van der Waals surface area contributed by atoms with Gasteiger partial charge in [-0.05, 0) is 11.6 Å². The zero-order valence-electron chi connectivity index (χ0n) is 9.86.